The van der Waals surface area contributed by atoms with E-state index in [9.17, 15) is 9.59 Å². The van der Waals surface area contributed by atoms with Crippen LogP contribution < -0.4 is 5.32 Å². The molecule has 1 saturated carbocycles. The zero-order valence-electron chi connectivity index (χ0n) is 13.6. The van der Waals surface area contributed by atoms with Crippen molar-refractivity contribution in [1.82, 2.24) is 14.7 Å². The predicted octanol–water partition coefficient (Wildman–Crippen LogP) is 2.37. The number of halogens is 1. The molecule has 2 amide bonds. The zero-order valence-corrected chi connectivity index (χ0v) is 14.3. The zero-order chi connectivity index (χ0) is 17.3. The Morgan fingerprint density at radius 1 is 1.38 bits per heavy atom. The molecule has 126 valence electrons. The summed E-state index contributed by atoms with van der Waals surface area (Å²) in [6.45, 7) is 0.147. The number of hydrogen-bond acceptors (Lipinski definition) is 3. The normalized spacial score (nSPS) is 19.0. The maximum absolute atomic E-state index is 12.3. The summed E-state index contributed by atoms with van der Waals surface area (Å²) < 4.78 is 1.51. The Morgan fingerprint density at radius 3 is 2.83 bits per heavy atom. The van der Waals surface area contributed by atoms with E-state index in [2.05, 4.69) is 10.4 Å². The van der Waals surface area contributed by atoms with Crippen molar-refractivity contribution in [2.45, 2.75) is 18.9 Å². The van der Waals surface area contributed by atoms with Gasteiger partial charge >= 0.3 is 0 Å². The van der Waals surface area contributed by atoms with Crippen LogP contribution in [-0.4, -0.2) is 40.6 Å². The lowest BCUT2D eigenvalue weighted by molar-refractivity contribution is -0.129. The molecule has 1 fully saturated rings. The van der Waals surface area contributed by atoms with Gasteiger partial charge in [-0.25, -0.2) is 0 Å². The summed E-state index contributed by atoms with van der Waals surface area (Å²) >= 11 is 6.19. The third kappa shape index (κ3) is 3.59. The van der Waals surface area contributed by atoms with Gasteiger partial charge in [0.1, 0.15) is 6.54 Å². The lowest BCUT2D eigenvalue weighted by atomic mass is 10.1. The minimum absolute atomic E-state index is 0.0431. The van der Waals surface area contributed by atoms with E-state index in [1.807, 2.05) is 24.3 Å². The Kier molecular flexibility index (Phi) is 4.57. The van der Waals surface area contributed by atoms with Crippen molar-refractivity contribution >= 4 is 29.1 Å². The fourth-order valence-electron chi connectivity index (χ4n) is 2.63. The summed E-state index contributed by atoms with van der Waals surface area (Å²) in [5, 5.41) is 7.65. The number of carbonyl (C=O) groups excluding carboxylic acids is 2. The fraction of sp³-hybridized carbons (Fsp3) is 0.353. The molecule has 0 saturated heterocycles. The van der Waals surface area contributed by atoms with Gasteiger partial charge in [0.15, 0.2) is 0 Å². The topological polar surface area (TPSA) is 67.2 Å². The van der Waals surface area contributed by atoms with Crippen LogP contribution in [0.4, 0.5) is 5.69 Å². The third-order valence-electron chi connectivity index (χ3n) is 4.13. The quantitative estimate of drug-likeness (QED) is 0.903. The van der Waals surface area contributed by atoms with Crippen LogP contribution in [0.25, 0.3) is 0 Å². The van der Waals surface area contributed by atoms with Gasteiger partial charge in [0.25, 0.3) is 0 Å². The first kappa shape index (κ1) is 16.5. The minimum atomic E-state index is -0.0725. The maximum Gasteiger partial charge on any atom is 0.243 e. The van der Waals surface area contributed by atoms with E-state index < -0.39 is 0 Å². The van der Waals surface area contributed by atoms with E-state index >= 15 is 0 Å². The van der Waals surface area contributed by atoms with Crippen LogP contribution in [0, 0.1) is 5.92 Å². The molecule has 3 rings (SSSR count). The van der Waals surface area contributed by atoms with Crippen LogP contribution in [0.5, 0.6) is 0 Å². The number of amides is 2. The van der Waals surface area contributed by atoms with E-state index in [1.54, 1.807) is 26.5 Å². The molecule has 6 nitrogen and oxygen atoms in total. The molecule has 0 radical (unpaired) electrons. The number of rotatable bonds is 5. The monoisotopic (exact) mass is 346 g/mol. The largest absolute Gasteiger partial charge is 0.347 e. The summed E-state index contributed by atoms with van der Waals surface area (Å²) in [4.78, 5) is 25.5. The maximum atomic E-state index is 12.3. The summed E-state index contributed by atoms with van der Waals surface area (Å²) in [6.07, 6.45) is 4.00. The van der Waals surface area contributed by atoms with Crippen LogP contribution in [0.1, 0.15) is 17.9 Å². The Hall–Kier alpha value is -2.34. The third-order valence-corrected chi connectivity index (χ3v) is 4.47. The molecule has 2 aromatic rings. The number of benzene rings is 1. The Bertz CT molecular complexity index is 771. The molecule has 0 aliphatic heterocycles. The molecule has 0 unspecified atom stereocenters. The predicted molar refractivity (Wildman–Crippen MR) is 91.9 cm³/mol. The Labute approximate surface area is 145 Å². The lowest BCUT2D eigenvalue weighted by Gasteiger charge is -2.09. The van der Waals surface area contributed by atoms with Crippen molar-refractivity contribution < 1.29 is 9.59 Å². The smallest absolute Gasteiger partial charge is 0.243 e. The molecule has 1 aromatic carbocycles. The highest BCUT2D eigenvalue weighted by Gasteiger charge is 2.44. The Balaban J connectivity index is 1.58. The SMILES string of the molecule is CN(C)C(=O)Cn1cc(NC(=O)[C@@H]2C[C@H]2c2ccccc2Cl)cn1. The molecule has 1 aliphatic carbocycles. The molecule has 2 atom stereocenters. The summed E-state index contributed by atoms with van der Waals surface area (Å²) in [5.74, 6) is -0.00363. The van der Waals surface area contributed by atoms with Crippen LogP contribution in [0.3, 0.4) is 0 Å². The van der Waals surface area contributed by atoms with Gasteiger partial charge in [0.2, 0.25) is 11.8 Å². The molecule has 7 heteroatoms. The standard InChI is InChI=1S/C17H19ClN4O2/c1-21(2)16(23)10-22-9-11(8-19-22)20-17(24)14-7-13(14)12-5-3-4-6-15(12)18/h3-6,8-9,13-14H,7,10H2,1-2H3,(H,20,24)/t13-,14+/m0/s1. The van der Waals surface area contributed by atoms with Gasteiger partial charge in [-0.15, -0.1) is 0 Å². The van der Waals surface area contributed by atoms with Gasteiger partial charge in [-0.1, -0.05) is 29.8 Å². The van der Waals surface area contributed by atoms with Crippen molar-refractivity contribution in [3.8, 4) is 0 Å². The molecule has 1 aromatic heterocycles. The number of hydrogen-bond donors (Lipinski definition) is 1. The second kappa shape index (κ2) is 6.65. The number of nitrogens with one attached hydrogen (secondary N) is 1. The number of aromatic nitrogens is 2. The molecular weight excluding hydrogens is 328 g/mol. The first-order valence-corrected chi connectivity index (χ1v) is 8.11. The van der Waals surface area contributed by atoms with E-state index in [0.29, 0.717) is 10.7 Å². The van der Waals surface area contributed by atoms with E-state index in [0.717, 1.165) is 12.0 Å². The van der Waals surface area contributed by atoms with E-state index in [1.165, 1.54) is 9.58 Å². The molecule has 0 spiro atoms. The van der Waals surface area contributed by atoms with Crippen molar-refractivity contribution in [3.63, 3.8) is 0 Å². The van der Waals surface area contributed by atoms with Crippen molar-refractivity contribution in [2.75, 3.05) is 19.4 Å². The van der Waals surface area contributed by atoms with E-state index in [-0.39, 0.29) is 30.2 Å². The number of anilines is 1. The number of likely N-dealkylation sites (N-methyl/N-ethyl adjacent to an activating group) is 1. The van der Waals surface area contributed by atoms with Gasteiger partial charge < -0.3 is 10.2 Å². The minimum Gasteiger partial charge on any atom is -0.347 e. The molecule has 1 aliphatic rings. The van der Waals surface area contributed by atoms with Crippen molar-refractivity contribution in [3.05, 3.63) is 47.2 Å². The highest BCUT2D eigenvalue weighted by molar-refractivity contribution is 6.31. The van der Waals surface area contributed by atoms with Crippen LogP contribution in [0.15, 0.2) is 36.7 Å². The average molecular weight is 347 g/mol. The Morgan fingerprint density at radius 2 is 2.12 bits per heavy atom. The van der Waals surface area contributed by atoms with Gasteiger partial charge in [-0.3, -0.25) is 14.3 Å². The van der Waals surface area contributed by atoms with Crippen molar-refractivity contribution in [1.29, 1.82) is 0 Å². The summed E-state index contributed by atoms with van der Waals surface area (Å²) in [5.41, 5.74) is 1.61. The second-order valence-corrected chi connectivity index (χ2v) is 6.58. The highest BCUT2D eigenvalue weighted by atomic mass is 35.5. The lowest BCUT2D eigenvalue weighted by Crippen LogP contribution is -2.26. The number of carbonyl (C=O) groups is 2. The van der Waals surface area contributed by atoms with Gasteiger partial charge in [-0.05, 0) is 24.0 Å². The summed E-state index contributed by atoms with van der Waals surface area (Å²) in [7, 11) is 3.38. The molecule has 1 N–H and O–H groups in total. The van der Waals surface area contributed by atoms with Crippen LogP contribution in [-0.2, 0) is 16.1 Å². The average Bonchev–Trinajstić information content (AvgIpc) is 3.22. The van der Waals surface area contributed by atoms with Gasteiger partial charge in [-0.2, -0.15) is 5.10 Å². The first-order chi connectivity index (χ1) is 11.5. The van der Waals surface area contributed by atoms with E-state index in [4.69, 9.17) is 11.6 Å². The van der Waals surface area contributed by atoms with Gasteiger partial charge in [0, 0.05) is 31.2 Å². The number of nitrogens with zero attached hydrogens (tertiary/aromatic N) is 3. The molecular formula is C17H19ClN4O2. The molecule has 1 heterocycles. The molecule has 0 bridgehead atoms. The van der Waals surface area contributed by atoms with Crippen LogP contribution in [0.2, 0.25) is 5.02 Å². The van der Waals surface area contributed by atoms with Crippen molar-refractivity contribution in [2.24, 2.45) is 5.92 Å². The van der Waals surface area contributed by atoms with Gasteiger partial charge in [0.05, 0.1) is 11.9 Å². The second-order valence-electron chi connectivity index (χ2n) is 6.17. The van der Waals surface area contributed by atoms with Crippen LogP contribution >= 0.6 is 11.6 Å². The molecule has 24 heavy (non-hydrogen) atoms. The fourth-order valence-corrected chi connectivity index (χ4v) is 2.91. The highest BCUT2D eigenvalue weighted by Crippen LogP contribution is 2.49. The summed E-state index contributed by atoms with van der Waals surface area (Å²) in [6, 6.07) is 7.62. The first-order valence-electron chi connectivity index (χ1n) is 7.73.